The molecule has 2 aromatic carbocycles. The van der Waals surface area contributed by atoms with Crippen molar-refractivity contribution >= 4 is 22.8 Å². The fourth-order valence-corrected chi connectivity index (χ4v) is 4.26. The van der Waals surface area contributed by atoms with Gasteiger partial charge in [0.2, 0.25) is 0 Å². The van der Waals surface area contributed by atoms with Gasteiger partial charge >= 0.3 is 0 Å². The lowest BCUT2D eigenvalue weighted by molar-refractivity contribution is 0.313. The molecule has 0 radical (unpaired) electrons. The first-order valence-corrected chi connectivity index (χ1v) is 10.5. The second-order valence-electron chi connectivity index (χ2n) is 8.21. The van der Waals surface area contributed by atoms with E-state index in [1.807, 2.05) is 37.4 Å². The van der Waals surface area contributed by atoms with Gasteiger partial charge in [0.1, 0.15) is 5.82 Å². The van der Waals surface area contributed by atoms with Crippen LogP contribution >= 0.6 is 0 Å². The molecule has 1 saturated heterocycles. The minimum absolute atomic E-state index is 0.576. The number of fused-ring (bicyclic) bond motifs is 1. The largest absolute Gasteiger partial charge is 0.399 e. The van der Waals surface area contributed by atoms with E-state index < -0.39 is 0 Å². The van der Waals surface area contributed by atoms with Gasteiger partial charge in [-0.15, -0.1) is 0 Å². The van der Waals surface area contributed by atoms with E-state index in [4.69, 9.17) is 16.5 Å². The number of aryl methyl sites for hydroxylation is 1. The number of nitrogens with zero attached hydrogens (tertiary/aromatic N) is 5. The first kappa shape index (κ1) is 19.4. The van der Waals surface area contributed by atoms with Crippen LogP contribution < -0.4 is 16.4 Å². The van der Waals surface area contributed by atoms with Gasteiger partial charge in [-0.05, 0) is 49.4 Å². The fraction of sp³-hybridized carbons (Fsp3) is 0.250. The molecule has 0 spiro atoms. The molecule has 1 aliphatic heterocycles. The van der Waals surface area contributed by atoms with Crippen molar-refractivity contribution in [3.05, 3.63) is 60.4 Å². The third kappa shape index (κ3) is 3.47. The van der Waals surface area contributed by atoms with E-state index in [1.54, 1.807) is 4.52 Å². The van der Waals surface area contributed by atoms with Crippen LogP contribution in [0.25, 0.3) is 27.9 Å². The van der Waals surface area contributed by atoms with E-state index in [-0.39, 0.29) is 0 Å². The van der Waals surface area contributed by atoms with Crippen LogP contribution in [0.15, 0.2) is 54.7 Å². The van der Waals surface area contributed by atoms with Crippen LogP contribution in [0.1, 0.15) is 5.69 Å². The van der Waals surface area contributed by atoms with Crippen LogP contribution in [0.3, 0.4) is 0 Å². The summed E-state index contributed by atoms with van der Waals surface area (Å²) in [6, 6.07) is 16.3. The highest BCUT2D eigenvalue weighted by Gasteiger charge is 2.18. The average molecular weight is 414 g/mol. The van der Waals surface area contributed by atoms with Gasteiger partial charge in [0, 0.05) is 48.7 Å². The van der Waals surface area contributed by atoms with Crippen molar-refractivity contribution in [1.82, 2.24) is 19.5 Å². The molecule has 4 aromatic rings. The highest BCUT2D eigenvalue weighted by Crippen LogP contribution is 2.33. The monoisotopic (exact) mass is 413 g/mol. The Kier molecular flexibility index (Phi) is 4.75. The maximum Gasteiger partial charge on any atom is 0.165 e. The Hall–Kier alpha value is -3.58. The van der Waals surface area contributed by atoms with E-state index >= 15 is 0 Å². The lowest BCUT2D eigenvalue weighted by Crippen LogP contribution is -2.44. The highest BCUT2D eigenvalue weighted by molar-refractivity contribution is 5.84. The quantitative estimate of drug-likeness (QED) is 0.501. The van der Waals surface area contributed by atoms with E-state index in [2.05, 4.69) is 46.2 Å². The molecule has 0 saturated carbocycles. The Balaban J connectivity index is 1.51. The van der Waals surface area contributed by atoms with Crippen molar-refractivity contribution < 1.29 is 0 Å². The molecule has 0 atom stereocenters. The topological polar surface area (TPSA) is 88.7 Å². The smallest absolute Gasteiger partial charge is 0.165 e. The van der Waals surface area contributed by atoms with E-state index in [9.17, 15) is 0 Å². The molecule has 31 heavy (non-hydrogen) atoms. The molecule has 0 bridgehead atoms. The maximum atomic E-state index is 6.53. The van der Waals surface area contributed by atoms with Crippen molar-refractivity contribution in [2.45, 2.75) is 6.92 Å². The summed E-state index contributed by atoms with van der Waals surface area (Å²) in [6.45, 7) is 6.27. The molecule has 0 aliphatic carbocycles. The Morgan fingerprint density at radius 1 is 0.839 bits per heavy atom. The van der Waals surface area contributed by atoms with Gasteiger partial charge in [0.15, 0.2) is 5.65 Å². The predicted octanol–water partition coefficient (Wildman–Crippen LogP) is 3.29. The Morgan fingerprint density at radius 3 is 2.16 bits per heavy atom. The molecule has 0 unspecified atom stereocenters. The summed E-state index contributed by atoms with van der Waals surface area (Å²) < 4.78 is 1.72. The average Bonchev–Trinajstić information content (AvgIpc) is 3.20. The molecule has 158 valence electrons. The summed E-state index contributed by atoms with van der Waals surface area (Å²) in [4.78, 5) is 9.66. The van der Waals surface area contributed by atoms with Crippen molar-refractivity contribution in [3.8, 4) is 22.3 Å². The summed E-state index contributed by atoms with van der Waals surface area (Å²) in [5.41, 5.74) is 19.9. The van der Waals surface area contributed by atoms with Crippen molar-refractivity contribution in [2.75, 3.05) is 49.6 Å². The van der Waals surface area contributed by atoms with Gasteiger partial charge in [-0.1, -0.05) is 24.3 Å². The summed E-state index contributed by atoms with van der Waals surface area (Å²) in [5, 5.41) is 4.55. The number of benzene rings is 2. The molecule has 3 heterocycles. The Labute approximate surface area is 181 Å². The van der Waals surface area contributed by atoms with Crippen molar-refractivity contribution in [1.29, 1.82) is 0 Å². The summed E-state index contributed by atoms with van der Waals surface area (Å²) in [7, 11) is 2.17. The minimum Gasteiger partial charge on any atom is -0.399 e. The molecule has 7 heteroatoms. The van der Waals surface area contributed by atoms with Crippen LogP contribution in [0.5, 0.6) is 0 Å². The first-order chi connectivity index (χ1) is 15.0. The highest BCUT2D eigenvalue weighted by atomic mass is 15.3. The second kappa shape index (κ2) is 7.59. The zero-order valence-electron chi connectivity index (χ0n) is 17.9. The van der Waals surface area contributed by atoms with Gasteiger partial charge in [-0.25, -0.2) is 4.98 Å². The van der Waals surface area contributed by atoms with Gasteiger partial charge in [0.25, 0.3) is 0 Å². The molecular weight excluding hydrogens is 386 g/mol. The molecule has 1 aliphatic rings. The lowest BCUT2D eigenvalue weighted by Gasteiger charge is -2.34. The van der Waals surface area contributed by atoms with Crippen molar-refractivity contribution in [2.24, 2.45) is 0 Å². The zero-order valence-corrected chi connectivity index (χ0v) is 17.9. The summed E-state index contributed by atoms with van der Waals surface area (Å²) in [6.07, 6.45) is 1.84. The van der Waals surface area contributed by atoms with Crippen LogP contribution in [0.4, 0.5) is 17.2 Å². The van der Waals surface area contributed by atoms with Crippen LogP contribution in [0, 0.1) is 6.92 Å². The van der Waals surface area contributed by atoms with Crippen LogP contribution in [0.2, 0.25) is 0 Å². The number of hydrogen-bond acceptors (Lipinski definition) is 6. The van der Waals surface area contributed by atoms with Gasteiger partial charge in [-0.2, -0.15) is 9.61 Å². The number of rotatable bonds is 3. The third-order valence-electron chi connectivity index (χ3n) is 6.11. The fourth-order valence-electron chi connectivity index (χ4n) is 4.26. The van der Waals surface area contributed by atoms with E-state index in [0.29, 0.717) is 5.82 Å². The second-order valence-corrected chi connectivity index (χ2v) is 8.21. The van der Waals surface area contributed by atoms with Crippen LogP contribution in [-0.4, -0.2) is 52.7 Å². The normalized spacial score (nSPS) is 15.0. The molecular formula is C24H27N7. The van der Waals surface area contributed by atoms with Crippen molar-refractivity contribution in [3.63, 3.8) is 0 Å². The number of likely N-dealkylation sites (N-methyl/N-ethyl adjacent to an activating group) is 1. The Bertz CT molecular complexity index is 1220. The number of nitrogens with two attached hydrogens (primary N) is 2. The Morgan fingerprint density at radius 2 is 1.48 bits per heavy atom. The molecule has 0 amide bonds. The number of piperazine rings is 1. The number of nitrogen functional groups attached to an aromatic ring is 2. The summed E-state index contributed by atoms with van der Waals surface area (Å²) >= 11 is 0. The van der Waals surface area contributed by atoms with E-state index in [0.717, 1.165) is 65.5 Å². The third-order valence-corrected chi connectivity index (χ3v) is 6.11. The van der Waals surface area contributed by atoms with Crippen LogP contribution in [-0.2, 0) is 0 Å². The number of aromatic nitrogens is 3. The minimum atomic E-state index is 0.576. The van der Waals surface area contributed by atoms with Gasteiger partial charge in [0.05, 0.1) is 11.9 Å². The number of anilines is 3. The molecule has 7 nitrogen and oxygen atoms in total. The molecule has 1 fully saturated rings. The number of hydrogen-bond donors (Lipinski definition) is 2. The molecule has 2 aromatic heterocycles. The van der Waals surface area contributed by atoms with E-state index in [1.165, 1.54) is 5.69 Å². The SMILES string of the molecule is Cc1nc2c(-c3ccc(N4CCN(C)CC4)cc3)cnn2c(N)c1-c1ccc(N)cc1. The predicted molar refractivity (Wildman–Crippen MR) is 127 cm³/mol. The molecule has 4 N–H and O–H groups in total. The summed E-state index contributed by atoms with van der Waals surface area (Å²) in [5.74, 6) is 0.576. The van der Waals surface area contributed by atoms with Gasteiger partial charge in [-0.3, -0.25) is 0 Å². The standard InChI is InChI=1S/C24H27N7/c1-16-22(18-3-7-19(25)8-4-18)23(26)31-24(28-16)21(15-27-31)17-5-9-20(10-6-17)30-13-11-29(2)12-14-30/h3-10,15H,11-14,25-26H2,1-2H3. The maximum absolute atomic E-state index is 6.53. The molecule has 5 rings (SSSR count). The van der Waals surface area contributed by atoms with Gasteiger partial charge < -0.3 is 21.3 Å². The zero-order chi connectivity index (χ0) is 21.5. The first-order valence-electron chi connectivity index (χ1n) is 10.5. The lowest BCUT2D eigenvalue weighted by atomic mass is 10.0.